The van der Waals surface area contributed by atoms with Crippen LogP contribution in [0.1, 0.15) is 35.2 Å². The third-order valence-electron chi connectivity index (χ3n) is 3.95. The van der Waals surface area contributed by atoms with Gasteiger partial charge in [-0.3, -0.25) is 14.4 Å². The molecule has 6 nitrogen and oxygen atoms in total. The van der Waals surface area contributed by atoms with Crippen molar-refractivity contribution in [3.63, 3.8) is 0 Å². The van der Waals surface area contributed by atoms with Crippen LogP contribution in [0, 0.1) is 6.92 Å². The number of hydrogen-bond donors (Lipinski definition) is 2. The molecule has 0 atom stereocenters. The number of carbonyl (C=O) groups excluding carboxylic acids is 3. The molecule has 0 aliphatic carbocycles. The van der Waals surface area contributed by atoms with Crippen LogP contribution >= 0.6 is 11.6 Å². The second kappa shape index (κ2) is 9.19. The van der Waals surface area contributed by atoms with Gasteiger partial charge in [-0.2, -0.15) is 0 Å². The number of rotatable bonds is 8. The van der Waals surface area contributed by atoms with E-state index >= 15 is 0 Å². The van der Waals surface area contributed by atoms with Crippen LogP contribution in [0.15, 0.2) is 36.4 Å². The molecule has 0 aliphatic rings. The van der Waals surface area contributed by atoms with Crippen LogP contribution in [0.25, 0.3) is 0 Å². The SMILES string of the molecule is COc1cc(C(=O)CC(=O)CCC(=O)Nc2ccc(Cl)cc2C)ccc1O. The summed E-state index contributed by atoms with van der Waals surface area (Å²) < 4.78 is 4.94. The molecule has 142 valence electrons. The molecule has 0 radical (unpaired) electrons. The number of benzene rings is 2. The fourth-order valence-electron chi connectivity index (χ4n) is 2.45. The summed E-state index contributed by atoms with van der Waals surface area (Å²) >= 11 is 5.87. The summed E-state index contributed by atoms with van der Waals surface area (Å²) in [6.07, 6.45) is -0.381. The molecule has 0 spiro atoms. The molecule has 2 aromatic carbocycles. The number of nitrogens with one attached hydrogen (secondary N) is 1. The lowest BCUT2D eigenvalue weighted by molar-refractivity contribution is -0.122. The van der Waals surface area contributed by atoms with E-state index in [-0.39, 0.29) is 48.0 Å². The number of methoxy groups -OCH3 is 1. The van der Waals surface area contributed by atoms with Gasteiger partial charge >= 0.3 is 0 Å². The number of hydrogen-bond acceptors (Lipinski definition) is 5. The molecule has 0 aliphatic heterocycles. The van der Waals surface area contributed by atoms with Crippen molar-refractivity contribution in [3.05, 3.63) is 52.5 Å². The summed E-state index contributed by atoms with van der Waals surface area (Å²) in [6.45, 7) is 1.82. The van der Waals surface area contributed by atoms with Crippen molar-refractivity contribution >= 4 is 34.8 Å². The minimum absolute atomic E-state index is 0.0208. The summed E-state index contributed by atoms with van der Waals surface area (Å²) in [5.74, 6) is -0.977. The zero-order valence-electron chi connectivity index (χ0n) is 15.0. The fourth-order valence-corrected chi connectivity index (χ4v) is 2.68. The number of Topliss-reactive ketones (excluding diaryl/α,β-unsaturated/α-hetero) is 2. The molecule has 0 aromatic heterocycles. The molecule has 2 aromatic rings. The smallest absolute Gasteiger partial charge is 0.224 e. The van der Waals surface area contributed by atoms with Crippen molar-refractivity contribution in [3.8, 4) is 11.5 Å². The first-order chi connectivity index (χ1) is 12.8. The predicted molar refractivity (Wildman–Crippen MR) is 103 cm³/mol. The van der Waals surface area contributed by atoms with Crippen molar-refractivity contribution < 1.29 is 24.2 Å². The van der Waals surface area contributed by atoms with E-state index in [4.69, 9.17) is 16.3 Å². The standard InChI is InChI=1S/C20H20ClNO5/c1-12-9-14(21)4-6-16(12)22-20(26)8-5-15(23)11-18(25)13-3-7-17(24)19(10-13)27-2/h3-4,6-7,9-10,24H,5,8,11H2,1-2H3,(H,22,26). The lowest BCUT2D eigenvalue weighted by atomic mass is 10.0. The van der Waals surface area contributed by atoms with Crippen molar-refractivity contribution in [1.29, 1.82) is 0 Å². The van der Waals surface area contributed by atoms with Crippen LogP contribution in [-0.4, -0.2) is 29.7 Å². The number of carbonyl (C=O) groups is 3. The van der Waals surface area contributed by atoms with Crippen LogP contribution in [0.3, 0.4) is 0 Å². The number of amides is 1. The van der Waals surface area contributed by atoms with Crippen LogP contribution in [-0.2, 0) is 9.59 Å². The molecule has 27 heavy (non-hydrogen) atoms. The average Bonchev–Trinajstić information content (AvgIpc) is 2.62. The van der Waals surface area contributed by atoms with E-state index in [1.807, 2.05) is 6.92 Å². The van der Waals surface area contributed by atoms with Crippen molar-refractivity contribution in [1.82, 2.24) is 0 Å². The van der Waals surface area contributed by atoms with Crippen LogP contribution in [0.4, 0.5) is 5.69 Å². The van der Waals surface area contributed by atoms with Gasteiger partial charge < -0.3 is 15.2 Å². The van der Waals surface area contributed by atoms with Crippen molar-refractivity contribution in [2.75, 3.05) is 12.4 Å². The van der Waals surface area contributed by atoms with E-state index in [0.717, 1.165) is 5.56 Å². The van der Waals surface area contributed by atoms with E-state index < -0.39 is 5.78 Å². The van der Waals surface area contributed by atoms with Gasteiger partial charge in [0.15, 0.2) is 17.3 Å². The molecular weight excluding hydrogens is 370 g/mol. The van der Waals surface area contributed by atoms with Gasteiger partial charge in [-0.05, 0) is 48.9 Å². The Hall–Kier alpha value is -2.86. The van der Waals surface area contributed by atoms with Crippen molar-refractivity contribution in [2.24, 2.45) is 0 Å². The third-order valence-corrected chi connectivity index (χ3v) is 4.19. The van der Waals surface area contributed by atoms with E-state index in [2.05, 4.69) is 5.32 Å². The number of phenols is 1. The van der Waals surface area contributed by atoms with Gasteiger partial charge in [0.25, 0.3) is 0 Å². The third kappa shape index (κ3) is 5.82. The van der Waals surface area contributed by atoms with E-state index in [1.165, 1.54) is 25.3 Å². The lowest BCUT2D eigenvalue weighted by Crippen LogP contribution is -2.15. The summed E-state index contributed by atoms with van der Waals surface area (Å²) in [4.78, 5) is 36.2. The molecule has 0 heterocycles. The van der Waals surface area contributed by atoms with Gasteiger partial charge in [0.1, 0.15) is 5.78 Å². The van der Waals surface area contributed by atoms with Gasteiger partial charge in [-0.25, -0.2) is 0 Å². The number of ether oxygens (including phenoxy) is 1. The first kappa shape index (κ1) is 20.5. The monoisotopic (exact) mass is 389 g/mol. The second-order valence-electron chi connectivity index (χ2n) is 6.03. The molecular formula is C20H20ClNO5. The minimum Gasteiger partial charge on any atom is -0.504 e. The number of anilines is 1. The van der Waals surface area contributed by atoms with E-state index in [0.29, 0.717) is 10.7 Å². The normalized spacial score (nSPS) is 10.3. The van der Waals surface area contributed by atoms with Gasteiger partial charge in [0, 0.05) is 29.1 Å². The number of halogens is 1. The molecule has 0 saturated heterocycles. The maximum atomic E-state index is 12.2. The van der Waals surface area contributed by atoms with E-state index in [1.54, 1.807) is 18.2 Å². The highest BCUT2D eigenvalue weighted by Crippen LogP contribution is 2.27. The highest BCUT2D eigenvalue weighted by atomic mass is 35.5. The van der Waals surface area contributed by atoms with Gasteiger partial charge in [0.05, 0.1) is 13.5 Å². The Morgan fingerprint density at radius 2 is 1.85 bits per heavy atom. The molecule has 0 fully saturated rings. The van der Waals surface area contributed by atoms with E-state index in [9.17, 15) is 19.5 Å². The van der Waals surface area contributed by atoms with Gasteiger partial charge in [0.2, 0.25) is 5.91 Å². The minimum atomic E-state index is -0.396. The second-order valence-corrected chi connectivity index (χ2v) is 6.47. The van der Waals surface area contributed by atoms with Crippen LogP contribution < -0.4 is 10.1 Å². The van der Waals surface area contributed by atoms with Crippen molar-refractivity contribution in [2.45, 2.75) is 26.2 Å². The maximum Gasteiger partial charge on any atom is 0.224 e. The Morgan fingerprint density at radius 3 is 2.52 bits per heavy atom. The predicted octanol–water partition coefficient (Wildman–Crippen LogP) is 3.92. The van der Waals surface area contributed by atoms with Gasteiger partial charge in [-0.15, -0.1) is 0 Å². The summed E-state index contributed by atoms with van der Waals surface area (Å²) in [5, 5.41) is 12.8. The summed E-state index contributed by atoms with van der Waals surface area (Å²) in [6, 6.07) is 9.22. The van der Waals surface area contributed by atoms with Crippen LogP contribution in [0.2, 0.25) is 5.02 Å². The maximum absolute atomic E-state index is 12.2. The number of aromatic hydroxyl groups is 1. The molecule has 1 amide bonds. The number of aryl methyl sites for hydroxylation is 1. The molecule has 2 rings (SSSR count). The first-order valence-electron chi connectivity index (χ1n) is 8.28. The molecule has 7 heteroatoms. The fraction of sp³-hybridized carbons (Fsp3) is 0.250. The Balaban J connectivity index is 1.86. The Bertz CT molecular complexity index is 879. The zero-order chi connectivity index (χ0) is 20.0. The highest BCUT2D eigenvalue weighted by molar-refractivity contribution is 6.30. The zero-order valence-corrected chi connectivity index (χ0v) is 15.8. The quantitative estimate of drug-likeness (QED) is 0.527. The Labute approximate surface area is 162 Å². The summed E-state index contributed by atoms with van der Waals surface area (Å²) in [5.41, 5.74) is 1.71. The average molecular weight is 390 g/mol. The largest absolute Gasteiger partial charge is 0.504 e. The molecule has 0 bridgehead atoms. The topological polar surface area (TPSA) is 92.7 Å². The number of phenolic OH excluding ortho intramolecular Hbond substituents is 1. The lowest BCUT2D eigenvalue weighted by Gasteiger charge is -2.08. The highest BCUT2D eigenvalue weighted by Gasteiger charge is 2.15. The van der Waals surface area contributed by atoms with Crippen LogP contribution in [0.5, 0.6) is 11.5 Å². The van der Waals surface area contributed by atoms with Gasteiger partial charge in [-0.1, -0.05) is 11.6 Å². The first-order valence-corrected chi connectivity index (χ1v) is 8.66. The number of ketones is 2. The Morgan fingerprint density at radius 1 is 1.11 bits per heavy atom. The molecule has 0 unspecified atom stereocenters. The summed E-state index contributed by atoms with van der Waals surface area (Å²) in [7, 11) is 1.37. The molecule has 0 saturated carbocycles. The Kier molecular flexibility index (Phi) is 6.96. The molecule has 2 N–H and O–H groups in total.